The van der Waals surface area contributed by atoms with E-state index < -0.39 is 0 Å². The van der Waals surface area contributed by atoms with Crippen molar-refractivity contribution in [2.75, 3.05) is 34.3 Å². The number of likely N-dealkylation sites (N-methyl/N-ethyl adjacent to an activating group) is 2. The molecule has 6 atom stereocenters. The van der Waals surface area contributed by atoms with Crippen molar-refractivity contribution in [2.24, 2.45) is 0 Å². The quantitative estimate of drug-likeness (QED) is 0.0861. The van der Waals surface area contributed by atoms with Gasteiger partial charge in [0.15, 0.2) is 5.71 Å². The minimum atomic E-state index is -0.113. The molecular formula is C95H104BrI2N9O4S4. The van der Waals surface area contributed by atoms with Gasteiger partial charge in [0.1, 0.15) is 38.3 Å². The van der Waals surface area contributed by atoms with Crippen molar-refractivity contribution in [1.82, 2.24) is 13.7 Å². The van der Waals surface area contributed by atoms with Crippen molar-refractivity contribution in [1.29, 1.82) is 0 Å². The number of nitrogens with zero attached hydrogens (tertiary/aromatic N) is 9. The second-order valence-corrected chi connectivity index (χ2v) is 35.8. The maximum Gasteiger partial charge on any atom is 0.377 e. The molecule has 0 bridgehead atoms. The van der Waals surface area contributed by atoms with Crippen LogP contribution in [-0.4, -0.2) is 61.7 Å². The molecule has 0 N–H and O–H groups in total. The molecule has 19 rings (SSSR count). The zero-order chi connectivity index (χ0) is 77.4. The molecule has 3 saturated carbocycles. The molecule has 6 unspecified atom stereocenters. The fraction of sp³-hybridized carbons (Fsp3) is 0.368. The number of anilines is 4. The highest BCUT2D eigenvalue weighted by atomic mass is 127. The lowest BCUT2D eigenvalue weighted by atomic mass is 9.81. The Bertz CT molecular complexity index is 6320. The van der Waals surface area contributed by atoms with Gasteiger partial charge in [0.25, 0.3) is 27.2 Å². The Morgan fingerprint density at radius 3 is 1.44 bits per heavy atom. The van der Waals surface area contributed by atoms with Crippen LogP contribution in [0.25, 0.3) is 57.8 Å². The molecule has 3 aliphatic carbocycles. The van der Waals surface area contributed by atoms with Crippen molar-refractivity contribution >= 4 is 137 Å². The number of hydrogen-bond acceptors (Lipinski definition) is 11. The molecule has 5 aromatic heterocycles. The molecule has 7 aliphatic rings. The summed E-state index contributed by atoms with van der Waals surface area (Å²) in [6.45, 7) is 30.6. The summed E-state index contributed by atoms with van der Waals surface area (Å²) in [7, 11) is 0. The molecule has 7 aromatic carbocycles. The Labute approximate surface area is 735 Å². The lowest BCUT2D eigenvalue weighted by Crippen LogP contribution is -3.00. The van der Waals surface area contributed by atoms with Gasteiger partial charge in [-0.25, -0.2) is 0 Å². The van der Waals surface area contributed by atoms with Crippen LogP contribution >= 0.6 is 45.3 Å². The Kier molecular flexibility index (Phi) is 25.6. The third-order valence-electron chi connectivity index (χ3n) is 25.2. The van der Waals surface area contributed by atoms with Crippen LogP contribution in [0.15, 0.2) is 170 Å². The van der Waals surface area contributed by atoms with Crippen molar-refractivity contribution < 1.29 is 83.1 Å². The van der Waals surface area contributed by atoms with Gasteiger partial charge < -0.3 is 84.1 Å². The van der Waals surface area contributed by atoms with Gasteiger partial charge in [-0.2, -0.15) is 13.7 Å². The number of aryl methyl sites for hydroxylation is 3. The monoisotopic (exact) mass is 1900 g/mol. The maximum atomic E-state index is 13.5. The van der Waals surface area contributed by atoms with Crippen molar-refractivity contribution in [2.45, 2.75) is 208 Å². The van der Waals surface area contributed by atoms with Crippen LogP contribution in [0.4, 0.5) is 28.4 Å². The van der Waals surface area contributed by atoms with E-state index in [-0.39, 0.29) is 87.0 Å². The van der Waals surface area contributed by atoms with E-state index in [2.05, 4.69) is 261 Å². The van der Waals surface area contributed by atoms with E-state index in [1.165, 1.54) is 135 Å². The van der Waals surface area contributed by atoms with Crippen molar-refractivity contribution in [3.63, 3.8) is 0 Å². The Balaban J connectivity index is 0.000000141. The van der Waals surface area contributed by atoms with Gasteiger partial charge in [-0.1, -0.05) is 109 Å². The molecule has 0 amide bonds. The van der Waals surface area contributed by atoms with Crippen LogP contribution in [-0.2, 0) is 38.1 Å². The summed E-state index contributed by atoms with van der Waals surface area (Å²) in [5.41, 5.74) is 21.7. The Morgan fingerprint density at radius 2 is 0.922 bits per heavy atom. The summed E-state index contributed by atoms with van der Waals surface area (Å²) in [6, 6.07) is 56.5. The van der Waals surface area contributed by atoms with E-state index in [0.717, 1.165) is 94.0 Å². The topological polar surface area (TPSA) is 99.6 Å². The summed E-state index contributed by atoms with van der Waals surface area (Å²) >= 11 is 6.56. The van der Waals surface area contributed by atoms with E-state index in [1.54, 1.807) is 45.3 Å². The molecule has 4 aliphatic heterocycles. The minimum absolute atomic E-state index is 0. The predicted octanol–water partition coefficient (Wildman–Crippen LogP) is 6.45. The SMILES string of the molecule is CCN1c2ccc(/C=c3/s/c(=C\C4=[N+](CC)c5ccccc5C4(C)C)n(CC)c3=O)cc2C2CCCC21.CCN1c2ccc(/C=c3/s/c(=C\c4oc5ccccc5[n+]4CC)n(CC)c3=O)cc2C2CCCC21.CCn1c(=O)/c(=C\c2ccc3c(c2)C2CCCC2N3c2ccc(C)cc2)s/c1=C\c1sc2ccccc2[n+]1CC.[Br-].[I-].[I-]. The molecule has 3 fully saturated rings. The summed E-state index contributed by atoms with van der Waals surface area (Å²) in [4.78, 5) is 48.1. The first kappa shape index (κ1) is 83.9. The predicted molar refractivity (Wildman–Crippen MR) is 467 cm³/mol. The zero-order valence-electron chi connectivity index (χ0n) is 67.8. The van der Waals surface area contributed by atoms with Crippen LogP contribution in [0.3, 0.4) is 0 Å². The number of fused-ring (bicyclic) bond motifs is 12. The summed E-state index contributed by atoms with van der Waals surface area (Å²) in [6.07, 6.45) is 24.3. The molecule has 9 heterocycles. The van der Waals surface area contributed by atoms with Gasteiger partial charge in [0.2, 0.25) is 16.8 Å². The average Bonchev–Trinajstić information content (AvgIpc) is 1.51. The zero-order valence-corrected chi connectivity index (χ0v) is 77.0. The van der Waals surface area contributed by atoms with E-state index in [0.29, 0.717) is 55.5 Å². The highest BCUT2D eigenvalue weighted by molar-refractivity contribution is 7.19. The van der Waals surface area contributed by atoms with Gasteiger partial charge in [-0.15, -0.1) is 34.0 Å². The smallest absolute Gasteiger partial charge is 0.377 e. The van der Waals surface area contributed by atoms with E-state index in [9.17, 15) is 14.4 Å². The van der Waals surface area contributed by atoms with Crippen LogP contribution < -0.4 is 133 Å². The summed E-state index contributed by atoms with van der Waals surface area (Å²) in [5.74, 6) is 2.61. The number of thiazole rings is 4. The second-order valence-electron chi connectivity index (χ2n) is 31.6. The lowest BCUT2D eigenvalue weighted by molar-refractivity contribution is -0.674. The van der Waals surface area contributed by atoms with E-state index >= 15 is 0 Å². The molecule has 0 spiro atoms. The molecule has 115 heavy (non-hydrogen) atoms. The number of hydrogen-bond donors (Lipinski definition) is 0. The van der Waals surface area contributed by atoms with Gasteiger partial charge in [0, 0.05) is 121 Å². The molecular weight excluding hydrogens is 1790 g/mol. The first-order chi connectivity index (χ1) is 54.6. The maximum absolute atomic E-state index is 13.5. The van der Waals surface area contributed by atoms with Crippen LogP contribution in [0.2, 0.25) is 0 Å². The molecule has 0 saturated heterocycles. The van der Waals surface area contributed by atoms with Crippen LogP contribution in [0, 0.1) is 6.92 Å². The normalized spacial score (nSPS) is 20.1. The number of aromatic nitrogens is 5. The minimum Gasteiger partial charge on any atom is -1.00 e. The molecule has 12 aromatic rings. The van der Waals surface area contributed by atoms with Gasteiger partial charge in [-0.3, -0.25) is 28.1 Å². The number of halogens is 3. The third-order valence-corrected chi connectivity index (χ3v) is 29.5. The largest absolute Gasteiger partial charge is 1.00 e. The molecule has 20 heteroatoms. The summed E-state index contributed by atoms with van der Waals surface area (Å²) < 4.78 is 25.4. The molecule has 13 nitrogen and oxygen atoms in total. The molecule has 0 radical (unpaired) electrons. The molecule has 598 valence electrons. The first-order valence-electron chi connectivity index (χ1n) is 41.2. The first-order valence-corrected chi connectivity index (χ1v) is 44.5. The number of rotatable bonds is 15. The standard InChI is InChI=1S/C34H34N3OS2.C32H38N3OS.C29H32N3O2S.BrH.2HI/c1-4-35-29-10-6-7-12-30(29)39-32(35)21-33-36(5-2)34(38)31(40-33)20-23-15-18-28-26(19-23)25-9-8-11-27(25)37(28)24-16-13-22(3)14-17-24;1-6-33-25-15-11-12-22(25)23-18-21(16-17-26(23)33)19-28-31(36)35(8-3)30(37-28)20-29-32(4,5)24-13-9-10-14-27(24)34(29)7-2;1-4-30-22-12-9-10-20(22)21-16-19(14-15-23(21)30)17-26-29(33)32(6-3)28(35-26)18-27-31(5-2)24-11-7-8-13-25(24)34-27;;;/h6-7,10,12-21,25,27H,4-5,8-9,11H2,1-3H3;9-10,13-14,16-20,22,25H,6-8,11-12,15H2,1-5H3;7-8,11,13-18,20,22H,4-6,9-10,12H2,1-3H3;3*1H/q3*+1;;;/p-3/b31-20+;28-19+;26-17+;;;. The average molecular weight is 1900 g/mol. The van der Waals surface area contributed by atoms with Gasteiger partial charge >= 0.3 is 5.89 Å². The second kappa shape index (κ2) is 35.2. The van der Waals surface area contributed by atoms with Crippen LogP contribution in [0.5, 0.6) is 0 Å². The fourth-order valence-electron chi connectivity index (χ4n) is 20.0. The number of benzene rings is 7. The lowest BCUT2D eigenvalue weighted by Gasteiger charge is -2.27. The van der Waals surface area contributed by atoms with Crippen LogP contribution in [0.1, 0.15) is 200 Å². The van der Waals surface area contributed by atoms with Crippen molar-refractivity contribution in [3.05, 3.63) is 266 Å². The van der Waals surface area contributed by atoms with Gasteiger partial charge in [0.05, 0.1) is 31.2 Å². The fourth-order valence-corrected chi connectivity index (χ4v) is 24.6. The van der Waals surface area contributed by atoms with Gasteiger partial charge in [-0.05, 0) is 227 Å². The highest BCUT2D eigenvalue weighted by Crippen LogP contribution is 2.54. The summed E-state index contributed by atoms with van der Waals surface area (Å²) in [5, 5.41) is 1.18. The van der Waals surface area contributed by atoms with E-state index in [1.807, 2.05) is 44.9 Å². The Hall–Kier alpha value is -7.58. The number of para-hydroxylation sites is 4. The Morgan fingerprint density at radius 1 is 0.461 bits per heavy atom. The third kappa shape index (κ3) is 15.2. The number of oxazole rings is 1. The highest BCUT2D eigenvalue weighted by Gasteiger charge is 2.46. The van der Waals surface area contributed by atoms with Crippen molar-refractivity contribution in [3.8, 4) is 0 Å². The van der Waals surface area contributed by atoms with E-state index in [4.69, 9.17) is 4.42 Å².